The highest BCUT2D eigenvalue weighted by atomic mass is 35.5. The largest absolute Gasteiger partial charge is 0.507 e. The van der Waals surface area contributed by atoms with Gasteiger partial charge in [-0.05, 0) is 62.6 Å². The van der Waals surface area contributed by atoms with Crippen LogP contribution in [0, 0.1) is 0 Å². The normalized spacial score (nSPS) is 13.9. The quantitative estimate of drug-likeness (QED) is 0.385. The van der Waals surface area contributed by atoms with Crippen molar-refractivity contribution in [3.63, 3.8) is 0 Å². The number of phenolic OH excluding ortho intramolecular Hbond substituents is 1. The van der Waals surface area contributed by atoms with Gasteiger partial charge >= 0.3 is 7.82 Å². The maximum atomic E-state index is 10.8. The van der Waals surface area contributed by atoms with E-state index in [1.807, 2.05) is 19.1 Å². The van der Waals surface area contributed by atoms with Gasteiger partial charge in [0.1, 0.15) is 11.5 Å². The van der Waals surface area contributed by atoms with Gasteiger partial charge in [-0.25, -0.2) is 4.57 Å². The van der Waals surface area contributed by atoms with Crippen LogP contribution < -0.4 is 10.5 Å². The van der Waals surface area contributed by atoms with Crippen LogP contribution in [0.5, 0.6) is 11.5 Å². The number of halogens is 1. The van der Waals surface area contributed by atoms with Crippen molar-refractivity contribution in [1.29, 1.82) is 0 Å². The summed E-state index contributed by atoms with van der Waals surface area (Å²) in [5.74, 6) is 0.831. The Morgan fingerprint density at radius 1 is 1.24 bits per heavy atom. The Hall–Kier alpha value is -1.25. The molecule has 2 rings (SSSR count). The molecule has 7 nitrogen and oxygen atoms in total. The Morgan fingerprint density at radius 2 is 1.97 bits per heavy atom. The molecule has 10 heteroatoms. The number of aryl methyl sites for hydroxylation is 1. The second-order valence-corrected chi connectivity index (χ2v) is 9.60. The predicted octanol–water partition coefficient (Wildman–Crippen LogP) is 4.35. The fourth-order valence-electron chi connectivity index (χ4n) is 2.48. The molecule has 2 aromatic carbocycles. The van der Waals surface area contributed by atoms with Crippen LogP contribution in [0.4, 0.5) is 0 Å². The van der Waals surface area contributed by atoms with Crippen molar-refractivity contribution >= 4 is 31.2 Å². The van der Waals surface area contributed by atoms with Gasteiger partial charge in [-0.1, -0.05) is 29.4 Å². The lowest BCUT2D eigenvalue weighted by molar-refractivity contribution is 0.154. The molecule has 1 atom stereocenters. The van der Waals surface area contributed by atoms with Gasteiger partial charge in [0.15, 0.2) is 0 Å². The summed E-state index contributed by atoms with van der Waals surface area (Å²) in [6, 6.07) is 10.6. The fourth-order valence-corrected chi connectivity index (χ4v) is 4.20. The van der Waals surface area contributed by atoms with Crippen LogP contribution >= 0.6 is 31.2 Å². The first kappa shape index (κ1) is 24.0. The summed E-state index contributed by atoms with van der Waals surface area (Å²) in [5.41, 5.74) is 6.00. The number of ether oxygens (including phenoxy) is 1. The minimum Gasteiger partial charge on any atom is -0.507 e. The zero-order valence-corrected chi connectivity index (χ0v) is 18.6. The molecule has 29 heavy (non-hydrogen) atoms. The molecule has 0 fully saturated rings. The third kappa shape index (κ3) is 8.18. The maximum Gasteiger partial charge on any atom is 0.469 e. The van der Waals surface area contributed by atoms with E-state index in [0.29, 0.717) is 35.1 Å². The minimum atomic E-state index is -4.56. The molecule has 0 heterocycles. The van der Waals surface area contributed by atoms with Crippen LogP contribution in [0.3, 0.4) is 0 Å². The summed E-state index contributed by atoms with van der Waals surface area (Å²) in [6.45, 7) is 3.82. The average molecular weight is 462 g/mol. The van der Waals surface area contributed by atoms with Crippen molar-refractivity contribution in [3.8, 4) is 11.5 Å². The first-order valence-corrected chi connectivity index (χ1v) is 11.6. The lowest BCUT2D eigenvalue weighted by atomic mass is 9.95. The van der Waals surface area contributed by atoms with Gasteiger partial charge in [0.25, 0.3) is 0 Å². The minimum absolute atomic E-state index is 0.155. The van der Waals surface area contributed by atoms with Crippen molar-refractivity contribution in [3.05, 3.63) is 47.0 Å². The molecule has 0 spiro atoms. The van der Waals surface area contributed by atoms with E-state index in [2.05, 4.69) is 4.52 Å². The first-order valence-electron chi connectivity index (χ1n) is 8.90. The Labute approximate surface area is 179 Å². The molecule has 160 valence electrons. The molecule has 0 aromatic heterocycles. The highest BCUT2D eigenvalue weighted by molar-refractivity contribution is 7.99. The van der Waals surface area contributed by atoms with Crippen LogP contribution in [-0.2, 0) is 15.5 Å². The Bertz CT molecular complexity index is 889. The Morgan fingerprint density at radius 3 is 2.59 bits per heavy atom. The van der Waals surface area contributed by atoms with Crippen LogP contribution in [0.15, 0.2) is 46.2 Å². The topological polar surface area (TPSA) is 122 Å². The van der Waals surface area contributed by atoms with E-state index < -0.39 is 13.4 Å². The van der Waals surface area contributed by atoms with E-state index in [1.165, 1.54) is 11.8 Å². The van der Waals surface area contributed by atoms with E-state index in [1.54, 1.807) is 31.2 Å². The number of hydrogen-bond donors (Lipinski definition) is 4. The number of hydrogen-bond acceptors (Lipinski definition) is 6. The standard InChI is InChI=1S/C19H25ClNO6PS/c1-3-26-14-5-7-17(22)18(10-14)29-15-6-4-13(16(20)11-15)8-9-19(2,21)12-27-28(23,24)25/h4-7,10-11,22H,3,8-9,12,21H2,1-2H3,(H2,23,24,25)/t19-/m0/s1. The van der Waals surface area contributed by atoms with E-state index in [9.17, 15) is 9.67 Å². The number of nitrogens with two attached hydrogens (primary N) is 1. The molecule has 0 aliphatic heterocycles. The van der Waals surface area contributed by atoms with Crippen LogP contribution in [0.2, 0.25) is 5.02 Å². The summed E-state index contributed by atoms with van der Waals surface area (Å²) in [4.78, 5) is 19.1. The van der Waals surface area contributed by atoms with Gasteiger partial charge in [0.2, 0.25) is 0 Å². The maximum absolute atomic E-state index is 10.8. The van der Waals surface area contributed by atoms with Crippen molar-refractivity contribution in [1.82, 2.24) is 0 Å². The molecule has 2 aromatic rings. The zero-order valence-electron chi connectivity index (χ0n) is 16.2. The highest BCUT2D eigenvalue weighted by Crippen LogP contribution is 2.39. The summed E-state index contributed by atoms with van der Waals surface area (Å²) in [5, 5.41) is 10.6. The van der Waals surface area contributed by atoms with E-state index in [0.717, 1.165) is 10.5 Å². The van der Waals surface area contributed by atoms with Crippen molar-refractivity contribution in [2.75, 3.05) is 13.2 Å². The Kier molecular flexibility index (Phi) is 8.43. The monoisotopic (exact) mass is 461 g/mol. The molecule has 0 saturated carbocycles. The van der Waals surface area contributed by atoms with E-state index >= 15 is 0 Å². The number of phosphoric ester groups is 1. The van der Waals surface area contributed by atoms with E-state index in [-0.39, 0.29) is 12.4 Å². The lowest BCUT2D eigenvalue weighted by Crippen LogP contribution is -2.41. The summed E-state index contributed by atoms with van der Waals surface area (Å²) >= 11 is 7.76. The molecule has 0 bridgehead atoms. The molecule has 0 aliphatic carbocycles. The molecule has 0 saturated heterocycles. The predicted molar refractivity (Wildman–Crippen MR) is 114 cm³/mol. The van der Waals surface area contributed by atoms with Crippen molar-refractivity contribution in [2.24, 2.45) is 5.73 Å². The second-order valence-electron chi connectivity index (χ2n) is 6.84. The van der Waals surface area contributed by atoms with Gasteiger partial charge in [-0.15, -0.1) is 0 Å². The lowest BCUT2D eigenvalue weighted by Gasteiger charge is -2.24. The number of phenols is 1. The van der Waals surface area contributed by atoms with Gasteiger partial charge < -0.3 is 25.4 Å². The fraction of sp³-hybridized carbons (Fsp3) is 0.368. The summed E-state index contributed by atoms with van der Waals surface area (Å²) in [7, 11) is -4.56. The number of benzene rings is 2. The van der Waals surface area contributed by atoms with Gasteiger partial charge in [-0.2, -0.15) is 0 Å². The third-order valence-corrected chi connectivity index (χ3v) is 5.88. The van der Waals surface area contributed by atoms with Gasteiger partial charge in [-0.3, -0.25) is 4.52 Å². The molecule has 0 radical (unpaired) electrons. The van der Waals surface area contributed by atoms with Crippen LogP contribution in [-0.4, -0.2) is 33.6 Å². The SMILES string of the molecule is CCOc1ccc(O)c(Sc2ccc(CC[C@](C)(N)COP(=O)(O)O)c(Cl)c2)c1. The molecule has 5 N–H and O–H groups in total. The zero-order chi connectivity index (χ0) is 21.7. The smallest absolute Gasteiger partial charge is 0.469 e. The molecular formula is C19H25ClNO6PS. The summed E-state index contributed by atoms with van der Waals surface area (Å²) in [6.07, 6.45) is 0.947. The second kappa shape index (κ2) is 10.2. The number of phosphoric acid groups is 1. The van der Waals surface area contributed by atoms with E-state index in [4.69, 9.17) is 31.9 Å². The van der Waals surface area contributed by atoms with Crippen molar-refractivity contribution < 1.29 is 28.7 Å². The molecular weight excluding hydrogens is 437 g/mol. The number of aromatic hydroxyl groups is 1. The molecule has 0 amide bonds. The van der Waals surface area contributed by atoms with Crippen molar-refractivity contribution in [2.45, 2.75) is 42.0 Å². The third-order valence-electron chi connectivity index (χ3n) is 4.02. The van der Waals surface area contributed by atoms with Crippen LogP contribution in [0.1, 0.15) is 25.8 Å². The molecule has 0 unspecified atom stereocenters. The Balaban J connectivity index is 2.03. The number of rotatable bonds is 10. The van der Waals surface area contributed by atoms with Crippen LogP contribution in [0.25, 0.3) is 0 Å². The average Bonchev–Trinajstić information content (AvgIpc) is 2.62. The highest BCUT2D eigenvalue weighted by Gasteiger charge is 2.24. The first-order chi connectivity index (χ1) is 13.5. The van der Waals surface area contributed by atoms with Gasteiger partial charge in [0.05, 0.1) is 18.1 Å². The van der Waals surface area contributed by atoms with Gasteiger partial charge in [0, 0.05) is 15.5 Å². The summed E-state index contributed by atoms with van der Waals surface area (Å²) < 4.78 is 20.8. The molecule has 0 aliphatic rings.